The summed E-state index contributed by atoms with van der Waals surface area (Å²) in [4.78, 5) is 4.44. The highest BCUT2D eigenvalue weighted by molar-refractivity contribution is 5.78. The van der Waals surface area contributed by atoms with Gasteiger partial charge in [0.05, 0.1) is 5.52 Å². The van der Waals surface area contributed by atoms with Gasteiger partial charge in [-0.25, -0.2) is 9.71 Å². The Hall–Kier alpha value is -2.30. The molecule has 4 rings (SSSR count). The number of hydrogen-bond donors (Lipinski definition) is 1. The van der Waals surface area contributed by atoms with Crippen molar-refractivity contribution in [3.63, 3.8) is 0 Å². The van der Waals surface area contributed by atoms with Gasteiger partial charge in [-0.15, -0.1) is 0 Å². The molecule has 1 aliphatic rings. The van der Waals surface area contributed by atoms with Gasteiger partial charge in [-0.3, -0.25) is 4.98 Å². The van der Waals surface area contributed by atoms with Gasteiger partial charge in [0.25, 0.3) is 0 Å². The van der Waals surface area contributed by atoms with Crippen LogP contribution in [0.1, 0.15) is 17.0 Å². The molecular formula is C21H21FN3. The second kappa shape index (κ2) is 7.30. The van der Waals surface area contributed by atoms with E-state index in [2.05, 4.69) is 34.6 Å². The third-order valence-electron chi connectivity index (χ3n) is 4.90. The fourth-order valence-corrected chi connectivity index (χ4v) is 3.62. The Morgan fingerprint density at radius 1 is 1.12 bits per heavy atom. The Bertz CT molecular complexity index is 858. The summed E-state index contributed by atoms with van der Waals surface area (Å²) in [5, 5.41) is 9.28. The van der Waals surface area contributed by atoms with Gasteiger partial charge < -0.3 is 5.32 Å². The summed E-state index contributed by atoms with van der Waals surface area (Å²) in [6, 6.07) is 17.5. The zero-order chi connectivity index (χ0) is 17.1. The first kappa shape index (κ1) is 16.2. The molecule has 127 valence electrons. The van der Waals surface area contributed by atoms with Crippen molar-refractivity contribution in [3.8, 4) is 0 Å². The molecule has 1 radical (unpaired) electrons. The van der Waals surface area contributed by atoms with E-state index in [1.807, 2.05) is 18.2 Å². The van der Waals surface area contributed by atoms with Gasteiger partial charge in [0.15, 0.2) is 0 Å². The van der Waals surface area contributed by atoms with E-state index in [9.17, 15) is 4.39 Å². The van der Waals surface area contributed by atoms with Crippen LogP contribution in [0.3, 0.4) is 0 Å². The molecule has 0 aliphatic carbocycles. The van der Waals surface area contributed by atoms with E-state index in [4.69, 9.17) is 5.32 Å². The Balaban J connectivity index is 1.68. The molecule has 3 aromatic rings. The first-order chi connectivity index (χ1) is 12.3. The lowest BCUT2D eigenvalue weighted by molar-refractivity contribution is 0.351. The van der Waals surface area contributed by atoms with Crippen LogP contribution in [0.25, 0.3) is 10.9 Å². The molecule has 0 bridgehead atoms. The van der Waals surface area contributed by atoms with E-state index in [0.29, 0.717) is 0 Å². The lowest BCUT2D eigenvalue weighted by atomic mass is 9.84. The minimum Gasteiger partial charge on any atom is -0.314 e. The minimum atomic E-state index is -0.146. The van der Waals surface area contributed by atoms with Crippen LogP contribution in [0.4, 0.5) is 4.39 Å². The minimum absolute atomic E-state index is 0.0233. The molecule has 1 N–H and O–H groups in total. The summed E-state index contributed by atoms with van der Waals surface area (Å²) in [6.45, 7) is 2.49. The third kappa shape index (κ3) is 3.55. The van der Waals surface area contributed by atoms with Crippen molar-refractivity contribution in [2.75, 3.05) is 19.6 Å². The highest BCUT2D eigenvalue weighted by Gasteiger charge is 2.28. The summed E-state index contributed by atoms with van der Waals surface area (Å²) in [5.74, 6) is -0.123. The van der Waals surface area contributed by atoms with Crippen LogP contribution in [0.15, 0.2) is 60.8 Å². The summed E-state index contributed by atoms with van der Waals surface area (Å²) >= 11 is 0. The van der Waals surface area contributed by atoms with Crippen LogP contribution in [0.2, 0.25) is 0 Å². The molecule has 2 heterocycles. The molecule has 2 aromatic carbocycles. The van der Waals surface area contributed by atoms with E-state index < -0.39 is 0 Å². The van der Waals surface area contributed by atoms with Crippen molar-refractivity contribution >= 4 is 10.9 Å². The Morgan fingerprint density at radius 3 is 2.88 bits per heavy atom. The summed E-state index contributed by atoms with van der Waals surface area (Å²) in [6.07, 6.45) is 2.56. The van der Waals surface area contributed by atoms with Crippen molar-refractivity contribution in [1.82, 2.24) is 15.6 Å². The van der Waals surface area contributed by atoms with Crippen LogP contribution in [0, 0.1) is 5.82 Å². The number of benzene rings is 2. The molecule has 0 amide bonds. The molecule has 1 saturated heterocycles. The molecule has 1 aliphatic heterocycles. The van der Waals surface area contributed by atoms with Gasteiger partial charge in [0.2, 0.25) is 0 Å². The topological polar surface area (TPSA) is 39.0 Å². The Kier molecular flexibility index (Phi) is 4.72. The summed E-state index contributed by atoms with van der Waals surface area (Å²) in [5.41, 5.74) is 2.90. The maximum atomic E-state index is 14.5. The number of hydrogen-bond acceptors (Lipinski definition) is 2. The smallest absolute Gasteiger partial charge is 0.126 e. The molecule has 2 atom stereocenters. The molecule has 25 heavy (non-hydrogen) atoms. The standard InChI is InChI=1S/C21H21FN3/c22-19-6-2-1-5-17(19)18(21-14-23-10-11-25-21)12-15-7-8-16-4-3-9-24-20(16)13-15/h1-9,13,18,21,23H,10-12,14H2. The van der Waals surface area contributed by atoms with Crippen LogP contribution in [-0.4, -0.2) is 30.7 Å². The van der Waals surface area contributed by atoms with Crippen LogP contribution < -0.4 is 10.6 Å². The van der Waals surface area contributed by atoms with Gasteiger partial charge in [0, 0.05) is 43.2 Å². The second-order valence-electron chi connectivity index (χ2n) is 6.54. The maximum Gasteiger partial charge on any atom is 0.126 e. The number of rotatable bonds is 4. The van der Waals surface area contributed by atoms with Crippen molar-refractivity contribution in [3.05, 3.63) is 77.7 Å². The number of pyridine rings is 1. The predicted molar refractivity (Wildman–Crippen MR) is 98.2 cm³/mol. The van der Waals surface area contributed by atoms with Crippen molar-refractivity contribution < 1.29 is 4.39 Å². The SMILES string of the molecule is Fc1ccccc1C(Cc1ccc2cccnc2c1)C1CNCC[N]1. The van der Waals surface area contributed by atoms with Gasteiger partial charge in [-0.2, -0.15) is 0 Å². The normalized spacial score (nSPS) is 19.0. The number of nitrogens with one attached hydrogen (secondary N) is 1. The predicted octanol–water partition coefficient (Wildman–Crippen LogP) is 3.28. The van der Waals surface area contributed by atoms with Crippen LogP contribution >= 0.6 is 0 Å². The average molecular weight is 334 g/mol. The number of nitrogens with zero attached hydrogens (tertiary/aromatic N) is 2. The van der Waals surface area contributed by atoms with Crippen molar-refractivity contribution in [2.24, 2.45) is 0 Å². The molecule has 0 saturated carbocycles. The van der Waals surface area contributed by atoms with E-state index >= 15 is 0 Å². The van der Waals surface area contributed by atoms with E-state index in [0.717, 1.165) is 42.5 Å². The summed E-state index contributed by atoms with van der Waals surface area (Å²) in [7, 11) is 0. The Labute approximate surface area is 147 Å². The van der Waals surface area contributed by atoms with Crippen LogP contribution in [-0.2, 0) is 6.42 Å². The van der Waals surface area contributed by atoms with Gasteiger partial charge >= 0.3 is 0 Å². The molecule has 1 fully saturated rings. The highest BCUT2D eigenvalue weighted by atomic mass is 19.1. The fourth-order valence-electron chi connectivity index (χ4n) is 3.62. The largest absolute Gasteiger partial charge is 0.314 e. The number of aromatic nitrogens is 1. The van der Waals surface area contributed by atoms with Gasteiger partial charge in [-0.1, -0.05) is 36.4 Å². The fraction of sp³-hybridized carbons (Fsp3) is 0.286. The molecule has 0 spiro atoms. The van der Waals surface area contributed by atoms with E-state index in [1.165, 1.54) is 5.56 Å². The first-order valence-electron chi connectivity index (χ1n) is 8.77. The third-order valence-corrected chi connectivity index (χ3v) is 4.90. The number of piperazine rings is 1. The lowest BCUT2D eigenvalue weighted by Crippen LogP contribution is -2.47. The zero-order valence-electron chi connectivity index (χ0n) is 14.0. The monoisotopic (exact) mass is 334 g/mol. The highest BCUT2D eigenvalue weighted by Crippen LogP contribution is 2.28. The quantitative estimate of drug-likeness (QED) is 0.795. The van der Waals surface area contributed by atoms with E-state index in [1.54, 1.807) is 18.3 Å². The average Bonchev–Trinajstić information content (AvgIpc) is 2.67. The van der Waals surface area contributed by atoms with E-state index in [-0.39, 0.29) is 17.8 Å². The maximum absolute atomic E-state index is 14.5. The lowest BCUT2D eigenvalue weighted by Gasteiger charge is -2.31. The number of fused-ring (bicyclic) bond motifs is 1. The van der Waals surface area contributed by atoms with Gasteiger partial charge in [0.1, 0.15) is 5.82 Å². The number of halogens is 1. The van der Waals surface area contributed by atoms with Crippen LogP contribution in [0.5, 0.6) is 0 Å². The molecular weight excluding hydrogens is 313 g/mol. The van der Waals surface area contributed by atoms with Gasteiger partial charge in [-0.05, 0) is 35.7 Å². The first-order valence-corrected chi connectivity index (χ1v) is 8.77. The zero-order valence-corrected chi connectivity index (χ0v) is 14.0. The van der Waals surface area contributed by atoms with Crippen molar-refractivity contribution in [1.29, 1.82) is 0 Å². The molecule has 1 aromatic heterocycles. The van der Waals surface area contributed by atoms with Crippen molar-refractivity contribution in [2.45, 2.75) is 18.4 Å². The summed E-state index contributed by atoms with van der Waals surface area (Å²) < 4.78 is 14.5. The molecule has 4 heteroatoms. The Morgan fingerprint density at radius 2 is 2.04 bits per heavy atom. The molecule has 2 unspecified atom stereocenters. The molecule has 3 nitrogen and oxygen atoms in total. The second-order valence-corrected chi connectivity index (χ2v) is 6.54.